The monoisotopic (exact) mass is 426 g/mol. The lowest BCUT2D eigenvalue weighted by atomic mass is 10.1. The molecule has 4 aromatic heterocycles. The molecule has 0 aliphatic carbocycles. The smallest absolute Gasteiger partial charge is 0.141 e. The molecule has 8 nitrogen and oxygen atoms in total. The zero-order chi connectivity index (χ0) is 21.2. The molecule has 1 fully saturated rings. The highest BCUT2D eigenvalue weighted by molar-refractivity contribution is 7.99. The quantitative estimate of drug-likeness (QED) is 0.533. The van der Waals surface area contributed by atoms with Gasteiger partial charge in [-0.2, -0.15) is 20.7 Å². The fourth-order valence-electron chi connectivity index (χ4n) is 3.79. The van der Waals surface area contributed by atoms with Crippen LogP contribution in [0, 0.1) is 22.7 Å². The van der Waals surface area contributed by atoms with Gasteiger partial charge in [-0.1, -0.05) is 17.8 Å². The minimum atomic E-state index is 0.355. The first kappa shape index (κ1) is 19.3. The van der Waals surface area contributed by atoms with Gasteiger partial charge in [-0.25, -0.2) is 9.50 Å². The maximum Gasteiger partial charge on any atom is 0.141 e. The van der Waals surface area contributed by atoms with Crippen LogP contribution in [0.25, 0.3) is 16.6 Å². The molecular formula is C22H18N8S. The normalized spacial score (nSPS) is 16.1. The van der Waals surface area contributed by atoms with Crippen molar-refractivity contribution in [3.8, 4) is 23.3 Å². The molecule has 1 aliphatic rings. The fourth-order valence-corrected chi connectivity index (χ4v) is 4.80. The van der Waals surface area contributed by atoms with Crippen LogP contribution < -0.4 is 5.32 Å². The van der Waals surface area contributed by atoms with Gasteiger partial charge in [-0.3, -0.25) is 4.68 Å². The number of piperidine rings is 1. The molecule has 5 heterocycles. The number of pyridine rings is 2. The molecule has 9 heteroatoms. The number of nitriles is 2. The average Bonchev–Trinajstić information content (AvgIpc) is 3.47. The molecule has 0 bridgehead atoms. The average molecular weight is 427 g/mol. The van der Waals surface area contributed by atoms with Crippen molar-refractivity contribution < 1.29 is 0 Å². The summed E-state index contributed by atoms with van der Waals surface area (Å²) in [6.07, 6.45) is 9.68. The topological polar surface area (TPSA) is 108 Å². The molecule has 0 aromatic carbocycles. The van der Waals surface area contributed by atoms with Crippen molar-refractivity contribution in [2.45, 2.75) is 28.8 Å². The van der Waals surface area contributed by atoms with Gasteiger partial charge < -0.3 is 5.32 Å². The summed E-state index contributed by atoms with van der Waals surface area (Å²) in [6.45, 7) is 1.98. The van der Waals surface area contributed by atoms with E-state index in [-0.39, 0.29) is 0 Å². The van der Waals surface area contributed by atoms with Crippen LogP contribution in [0.1, 0.15) is 30.1 Å². The van der Waals surface area contributed by atoms with Gasteiger partial charge in [-0.15, -0.1) is 0 Å². The first-order valence-electron chi connectivity index (χ1n) is 9.97. The third-order valence-corrected chi connectivity index (χ3v) is 6.30. The Kier molecular flexibility index (Phi) is 5.13. The molecule has 0 amide bonds. The third kappa shape index (κ3) is 3.77. The van der Waals surface area contributed by atoms with Crippen molar-refractivity contribution in [2.24, 2.45) is 0 Å². The van der Waals surface area contributed by atoms with Crippen molar-refractivity contribution in [1.82, 2.24) is 29.7 Å². The first-order chi connectivity index (χ1) is 15.2. The highest BCUT2D eigenvalue weighted by Crippen LogP contribution is 2.35. The largest absolute Gasteiger partial charge is 0.315 e. The van der Waals surface area contributed by atoms with Gasteiger partial charge in [0.2, 0.25) is 0 Å². The summed E-state index contributed by atoms with van der Waals surface area (Å²) in [4.78, 5) is 5.22. The minimum absolute atomic E-state index is 0.355. The molecule has 4 aromatic rings. The Labute approximate surface area is 183 Å². The van der Waals surface area contributed by atoms with E-state index in [2.05, 4.69) is 38.8 Å². The molecule has 152 valence electrons. The zero-order valence-corrected chi connectivity index (χ0v) is 17.4. The molecule has 0 unspecified atom stereocenters. The van der Waals surface area contributed by atoms with Gasteiger partial charge in [-0.05, 0) is 37.6 Å². The van der Waals surface area contributed by atoms with Crippen LogP contribution in [0.4, 0.5) is 0 Å². The van der Waals surface area contributed by atoms with Crippen molar-refractivity contribution in [2.75, 3.05) is 13.1 Å². The Balaban J connectivity index is 1.56. The number of nitrogens with one attached hydrogen (secondary N) is 1. The summed E-state index contributed by atoms with van der Waals surface area (Å²) in [6, 6.07) is 12.0. The van der Waals surface area contributed by atoms with Gasteiger partial charge in [0.25, 0.3) is 0 Å². The van der Waals surface area contributed by atoms with Crippen LogP contribution in [-0.2, 0) is 0 Å². The van der Waals surface area contributed by atoms with Gasteiger partial charge in [0.15, 0.2) is 0 Å². The molecule has 1 aliphatic heterocycles. The highest BCUT2D eigenvalue weighted by Gasteiger charge is 2.18. The summed E-state index contributed by atoms with van der Waals surface area (Å²) in [7, 11) is 0. The van der Waals surface area contributed by atoms with Crippen molar-refractivity contribution in [1.29, 1.82) is 10.5 Å². The van der Waals surface area contributed by atoms with E-state index in [0.29, 0.717) is 22.3 Å². The Morgan fingerprint density at radius 2 is 2.03 bits per heavy atom. The van der Waals surface area contributed by atoms with Crippen molar-refractivity contribution in [3.63, 3.8) is 0 Å². The second-order valence-corrected chi connectivity index (χ2v) is 8.40. The van der Waals surface area contributed by atoms with Gasteiger partial charge in [0.1, 0.15) is 22.9 Å². The Morgan fingerprint density at radius 1 is 1.10 bits per heavy atom. The summed E-state index contributed by atoms with van der Waals surface area (Å²) < 4.78 is 3.75. The molecular weight excluding hydrogens is 408 g/mol. The van der Waals surface area contributed by atoms with E-state index in [1.54, 1.807) is 22.8 Å². The Morgan fingerprint density at radius 3 is 2.84 bits per heavy atom. The highest BCUT2D eigenvalue weighted by atomic mass is 32.2. The van der Waals surface area contributed by atoms with Crippen LogP contribution in [0.5, 0.6) is 0 Å². The predicted octanol–water partition coefficient (Wildman–Crippen LogP) is 3.41. The van der Waals surface area contributed by atoms with Crippen LogP contribution in [0.3, 0.4) is 0 Å². The van der Waals surface area contributed by atoms with E-state index in [1.807, 2.05) is 29.2 Å². The summed E-state index contributed by atoms with van der Waals surface area (Å²) in [5.41, 5.74) is 3.52. The van der Waals surface area contributed by atoms with E-state index < -0.39 is 0 Å². The van der Waals surface area contributed by atoms with Gasteiger partial charge >= 0.3 is 0 Å². The number of hydrogen-bond acceptors (Lipinski definition) is 7. The molecule has 0 saturated carbocycles. The van der Waals surface area contributed by atoms with Crippen molar-refractivity contribution >= 4 is 17.3 Å². The van der Waals surface area contributed by atoms with Crippen molar-refractivity contribution in [3.05, 3.63) is 60.3 Å². The Bertz CT molecular complexity index is 1330. The summed E-state index contributed by atoms with van der Waals surface area (Å²) in [5, 5.41) is 31.8. The number of hydrogen-bond donors (Lipinski definition) is 1. The summed E-state index contributed by atoms with van der Waals surface area (Å²) in [5.74, 6) is 0. The minimum Gasteiger partial charge on any atom is -0.315 e. The molecule has 1 atom stereocenters. The van der Waals surface area contributed by atoms with Crippen LogP contribution in [0.15, 0.2) is 59.0 Å². The van der Waals surface area contributed by atoms with Crippen LogP contribution >= 0.6 is 11.8 Å². The number of nitrogens with zero attached hydrogens (tertiary/aromatic N) is 7. The Hall–Kier alpha value is -3.66. The van der Waals surface area contributed by atoms with Gasteiger partial charge in [0.05, 0.1) is 29.5 Å². The maximum absolute atomic E-state index is 9.54. The van der Waals surface area contributed by atoms with E-state index in [4.69, 9.17) is 5.26 Å². The van der Waals surface area contributed by atoms with E-state index in [1.165, 1.54) is 11.8 Å². The van der Waals surface area contributed by atoms with Crippen LogP contribution in [-0.4, -0.2) is 37.5 Å². The molecule has 1 N–H and O–H groups in total. The lowest BCUT2D eigenvalue weighted by Gasteiger charge is -2.22. The number of fused-ring (bicyclic) bond motifs is 1. The van der Waals surface area contributed by atoms with E-state index in [0.717, 1.165) is 47.5 Å². The maximum atomic E-state index is 9.54. The SMILES string of the molecule is N#Cc1cccc(Sc2cc(-c3cnn([C@H]4CCCNC4)c3)cn3ncc(C#N)c23)n1. The third-order valence-electron chi connectivity index (χ3n) is 5.33. The van der Waals surface area contributed by atoms with Gasteiger partial charge in [0, 0.05) is 35.0 Å². The summed E-state index contributed by atoms with van der Waals surface area (Å²) >= 11 is 1.41. The fraction of sp³-hybridized carbons (Fsp3) is 0.227. The van der Waals surface area contributed by atoms with E-state index in [9.17, 15) is 5.26 Å². The lowest BCUT2D eigenvalue weighted by molar-refractivity contribution is 0.347. The molecule has 0 spiro atoms. The molecule has 0 radical (unpaired) electrons. The molecule has 31 heavy (non-hydrogen) atoms. The number of rotatable bonds is 4. The van der Waals surface area contributed by atoms with E-state index >= 15 is 0 Å². The predicted molar refractivity (Wildman–Crippen MR) is 115 cm³/mol. The first-order valence-corrected chi connectivity index (χ1v) is 10.8. The second kappa shape index (κ2) is 8.23. The lowest BCUT2D eigenvalue weighted by Crippen LogP contribution is -2.31. The standard InChI is InChI=1S/C22H18N8S/c23-8-16-10-27-30-13-15(17-11-26-29(14-17)19-4-2-6-25-12-19)7-20(22(16)30)31-21-5-1-3-18(9-24)28-21/h1,3,5,7,10-11,13-14,19,25H,2,4,6,12H2/t19-/m0/s1. The molecule has 5 rings (SSSR count). The van der Waals surface area contributed by atoms with Crippen LogP contribution in [0.2, 0.25) is 0 Å². The molecule has 1 saturated heterocycles. The second-order valence-electron chi connectivity index (χ2n) is 7.34. The zero-order valence-electron chi connectivity index (χ0n) is 16.6. The number of aromatic nitrogens is 5.